The topological polar surface area (TPSA) is 110 Å². The number of likely N-dealkylation sites (tertiary alicyclic amines) is 2. The molecular formula is C36H42FN5O5. The van der Waals surface area contributed by atoms with Crippen molar-refractivity contribution in [3.8, 4) is 17.1 Å². The number of nitrogens with one attached hydrogen (secondary N) is 1. The van der Waals surface area contributed by atoms with E-state index in [1.807, 2.05) is 43.4 Å². The van der Waals surface area contributed by atoms with E-state index in [-0.39, 0.29) is 30.3 Å². The average Bonchev–Trinajstić information content (AvgIpc) is 3.38. The normalized spacial score (nSPS) is 19.2. The van der Waals surface area contributed by atoms with Crippen LogP contribution in [0.15, 0.2) is 65.5 Å². The Balaban J connectivity index is 1.08. The van der Waals surface area contributed by atoms with Crippen molar-refractivity contribution in [2.75, 3.05) is 26.2 Å². The molecule has 47 heavy (non-hydrogen) atoms. The Hall–Kier alpha value is -4.67. The molecule has 0 spiro atoms. The number of aryl methyl sites for hydroxylation is 1. The minimum absolute atomic E-state index is 0.132. The number of piperidine rings is 2. The van der Waals surface area contributed by atoms with Crippen LogP contribution in [0.4, 0.5) is 9.18 Å². The number of rotatable bonds is 6. The summed E-state index contributed by atoms with van der Waals surface area (Å²) in [5.41, 5.74) is 3.20. The lowest BCUT2D eigenvalue weighted by atomic mass is 9.87. The fourth-order valence-corrected chi connectivity index (χ4v) is 6.53. The first kappa shape index (κ1) is 32.3. The van der Waals surface area contributed by atoms with Gasteiger partial charge in [0, 0.05) is 32.1 Å². The van der Waals surface area contributed by atoms with Crippen LogP contribution in [-0.4, -0.2) is 74.5 Å². The van der Waals surface area contributed by atoms with Gasteiger partial charge >= 0.3 is 6.09 Å². The summed E-state index contributed by atoms with van der Waals surface area (Å²) in [6, 6.07) is 19.4. The number of aromatic amines is 1. The Bertz CT molecular complexity index is 1810. The SMILES string of the molecule is Cn1nc(-c2ccc(OCc3ccccc3)[nH]c2=O)c2ccc(C3CCN(C(=O)[C@H]4CCN(C(=O)OC(C)(C)C)C[C@H]4F)CC3)cc21. The molecule has 2 aromatic carbocycles. The molecule has 0 aliphatic carbocycles. The van der Waals surface area contributed by atoms with Crippen LogP contribution in [0.5, 0.6) is 5.88 Å². The molecule has 2 aromatic heterocycles. The third-order valence-corrected chi connectivity index (χ3v) is 9.04. The molecule has 0 radical (unpaired) electrons. The Morgan fingerprint density at radius 3 is 2.38 bits per heavy atom. The Morgan fingerprint density at radius 2 is 1.70 bits per heavy atom. The van der Waals surface area contributed by atoms with E-state index in [0.29, 0.717) is 43.4 Å². The molecule has 4 aromatic rings. The van der Waals surface area contributed by atoms with E-state index in [2.05, 4.69) is 17.1 Å². The summed E-state index contributed by atoms with van der Waals surface area (Å²) in [5, 5.41) is 5.57. The number of ether oxygens (including phenoxy) is 2. The molecule has 2 aliphatic heterocycles. The van der Waals surface area contributed by atoms with Crippen molar-refractivity contribution in [2.24, 2.45) is 13.0 Å². The molecule has 2 fully saturated rings. The molecule has 10 nitrogen and oxygen atoms in total. The number of hydrogen-bond donors (Lipinski definition) is 1. The number of pyridine rings is 1. The smallest absolute Gasteiger partial charge is 0.410 e. The number of fused-ring (bicyclic) bond motifs is 1. The van der Waals surface area contributed by atoms with Crippen LogP contribution < -0.4 is 10.3 Å². The van der Waals surface area contributed by atoms with Crippen LogP contribution in [-0.2, 0) is 23.2 Å². The highest BCUT2D eigenvalue weighted by Crippen LogP contribution is 2.34. The lowest BCUT2D eigenvalue weighted by Gasteiger charge is -2.39. The third kappa shape index (κ3) is 7.18. The number of alkyl halides is 1. The van der Waals surface area contributed by atoms with Crippen molar-refractivity contribution < 1.29 is 23.5 Å². The van der Waals surface area contributed by atoms with Crippen molar-refractivity contribution >= 4 is 22.9 Å². The van der Waals surface area contributed by atoms with Crippen LogP contribution in [0.2, 0.25) is 0 Å². The first-order valence-corrected chi connectivity index (χ1v) is 16.2. The highest BCUT2D eigenvalue weighted by Gasteiger charge is 2.40. The largest absolute Gasteiger partial charge is 0.474 e. The monoisotopic (exact) mass is 643 g/mol. The molecular weight excluding hydrogens is 601 g/mol. The van der Waals surface area contributed by atoms with E-state index in [0.717, 1.165) is 34.9 Å². The molecule has 2 saturated heterocycles. The van der Waals surface area contributed by atoms with Crippen molar-refractivity contribution in [2.45, 2.75) is 64.3 Å². The summed E-state index contributed by atoms with van der Waals surface area (Å²) in [4.78, 5) is 44.8. The van der Waals surface area contributed by atoms with Gasteiger partial charge in [0.25, 0.3) is 5.56 Å². The van der Waals surface area contributed by atoms with Crippen LogP contribution in [0.25, 0.3) is 22.2 Å². The number of amides is 2. The molecule has 2 aliphatic rings. The standard InChI is InChI=1S/C36H42FN5O5/c1-36(2,3)47-35(45)42-19-16-26(29(37)21-42)34(44)41-17-14-24(15-18-41)25-10-11-27-30(20-25)40(4)39-32(27)28-12-13-31(38-33(28)43)46-22-23-8-6-5-7-9-23/h5-13,20,24,26,29H,14-19,21-22H2,1-4H3,(H,38,43)/t26-,29+/m0/s1. The second kappa shape index (κ2) is 13.2. The van der Waals surface area contributed by atoms with Crippen molar-refractivity contribution in [3.05, 3.63) is 82.1 Å². The summed E-state index contributed by atoms with van der Waals surface area (Å²) in [5.74, 6) is -0.292. The van der Waals surface area contributed by atoms with Crippen molar-refractivity contribution in [3.63, 3.8) is 0 Å². The van der Waals surface area contributed by atoms with Gasteiger partial charge in [0.05, 0.1) is 23.5 Å². The summed E-state index contributed by atoms with van der Waals surface area (Å²) in [6.45, 7) is 6.93. The van der Waals surface area contributed by atoms with E-state index < -0.39 is 23.8 Å². The molecule has 2 atom stereocenters. The molecule has 0 bridgehead atoms. The molecule has 0 unspecified atom stereocenters. The van der Waals surface area contributed by atoms with Gasteiger partial charge in [-0.25, -0.2) is 9.18 Å². The molecule has 1 N–H and O–H groups in total. The van der Waals surface area contributed by atoms with E-state index in [1.54, 1.807) is 42.5 Å². The highest BCUT2D eigenvalue weighted by atomic mass is 19.1. The summed E-state index contributed by atoms with van der Waals surface area (Å²) in [7, 11) is 1.86. The number of H-pyrrole nitrogens is 1. The molecule has 2 amide bonds. The average molecular weight is 644 g/mol. The Labute approximate surface area is 273 Å². The minimum Gasteiger partial charge on any atom is -0.474 e. The van der Waals surface area contributed by atoms with Gasteiger partial charge in [-0.3, -0.25) is 19.3 Å². The van der Waals surface area contributed by atoms with Gasteiger partial charge in [-0.15, -0.1) is 0 Å². The number of aromatic nitrogens is 3. The zero-order valence-corrected chi connectivity index (χ0v) is 27.4. The predicted octanol–water partition coefficient (Wildman–Crippen LogP) is 5.81. The zero-order chi connectivity index (χ0) is 33.3. The predicted molar refractivity (Wildman–Crippen MR) is 177 cm³/mol. The lowest BCUT2D eigenvalue weighted by molar-refractivity contribution is -0.141. The van der Waals surface area contributed by atoms with Gasteiger partial charge in [0.15, 0.2) is 5.88 Å². The van der Waals surface area contributed by atoms with Crippen molar-refractivity contribution in [1.29, 1.82) is 0 Å². The second-order valence-electron chi connectivity index (χ2n) is 13.5. The van der Waals surface area contributed by atoms with E-state index >= 15 is 4.39 Å². The number of carbonyl (C=O) groups excluding carboxylic acids is 2. The van der Waals surface area contributed by atoms with Crippen LogP contribution in [0, 0.1) is 5.92 Å². The van der Waals surface area contributed by atoms with Gasteiger partial charge < -0.3 is 19.3 Å². The van der Waals surface area contributed by atoms with Crippen LogP contribution in [0.3, 0.4) is 0 Å². The van der Waals surface area contributed by atoms with Gasteiger partial charge in [-0.1, -0.05) is 42.5 Å². The number of halogens is 1. The number of hydrogen-bond acceptors (Lipinski definition) is 6. The van der Waals surface area contributed by atoms with Crippen molar-refractivity contribution in [1.82, 2.24) is 24.6 Å². The quantitative estimate of drug-likeness (QED) is 0.284. The minimum atomic E-state index is -1.42. The maximum Gasteiger partial charge on any atom is 0.410 e. The van der Waals surface area contributed by atoms with E-state index in [1.165, 1.54) is 4.90 Å². The summed E-state index contributed by atoms with van der Waals surface area (Å²) in [6.07, 6.45) is -0.156. The van der Waals surface area contributed by atoms with Gasteiger partial charge in [0.1, 0.15) is 24.1 Å². The Morgan fingerprint density at radius 1 is 0.979 bits per heavy atom. The highest BCUT2D eigenvalue weighted by molar-refractivity contribution is 5.93. The van der Waals surface area contributed by atoms with E-state index in [9.17, 15) is 14.4 Å². The maximum atomic E-state index is 15.2. The number of nitrogens with zero attached hydrogens (tertiary/aromatic N) is 4. The molecule has 0 saturated carbocycles. The maximum absolute atomic E-state index is 15.2. The summed E-state index contributed by atoms with van der Waals surface area (Å²) < 4.78 is 28.1. The number of benzene rings is 2. The number of carbonyl (C=O) groups is 2. The molecule has 4 heterocycles. The fraction of sp³-hybridized carbons (Fsp3) is 0.444. The second-order valence-corrected chi connectivity index (χ2v) is 13.5. The summed E-state index contributed by atoms with van der Waals surface area (Å²) >= 11 is 0. The third-order valence-electron chi connectivity index (χ3n) is 9.04. The van der Waals surface area contributed by atoms with E-state index in [4.69, 9.17) is 14.6 Å². The van der Waals surface area contributed by atoms with Gasteiger partial charge in [-0.05, 0) is 75.3 Å². The van der Waals surface area contributed by atoms with Gasteiger partial charge in [0.2, 0.25) is 5.91 Å². The lowest BCUT2D eigenvalue weighted by Crippen LogP contribution is -2.52. The molecule has 248 valence electrons. The first-order chi connectivity index (χ1) is 22.5. The Kier molecular flexibility index (Phi) is 9.07. The van der Waals surface area contributed by atoms with Gasteiger partial charge in [-0.2, -0.15) is 5.10 Å². The molecule has 6 rings (SSSR count). The zero-order valence-electron chi connectivity index (χ0n) is 27.4. The van der Waals surface area contributed by atoms with Crippen LogP contribution >= 0.6 is 0 Å². The molecule has 11 heteroatoms. The fourth-order valence-electron chi connectivity index (χ4n) is 6.53. The first-order valence-electron chi connectivity index (χ1n) is 16.2. The van der Waals surface area contributed by atoms with Crippen LogP contribution in [0.1, 0.15) is 57.1 Å².